The molecule has 0 unspecified atom stereocenters. The van der Waals surface area contributed by atoms with Crippen LogP contribution in [0.3, 0.4) is 0 Å². The lowest BCUT2D eigenvalue weighted by molar-refractivity contribution is 0.344. The molecule has 0 aliphatic heterocycles. The second-order valence-electron chi connectivity index (χ2n) is 3.41. The molecule has 1 aromatic heterocycles. The Kier molecular flexibility index (Phi) is 4.88. The molecule has 0 bridgehead atoms. The molecule has 2 rings (SSSR count). The predicted molar refractivity (Wildman–Crippen MR) is 77.2 cm³/mol. The standard InChI is InChI=1S/C12H12BrNOS2/c1-9-8-17-12(14-9)16-6-5-15-11-4-2-3-10(13)7-11/h2-4,7-8H,5-6H2,1H3. The second-order valence-corrected chi connectivity index (χ2v) is 6.52. The first-order chi connectivity index (χ1) is 8.24. The van der Waals surface area contributed by atoms with Gasteiger partial charge < -0.3 is 4.74 Å². The van der Waals surface area contributed by atoms with Crippen LogP contribution in [-0.2, 0) is 0 Å². The molecular formula is C12H12BrNOS2. The maximum Gasteiger partial charge on any atom is 0.150 e. The zero-order valence-electron chi connectivity index (χ0n) is 9.35. The highest BCUT2D eigenvalue weighted by atomic mass is 79.9. The summed E-state index contributed by atoms with van der Waals surface area (Å²) < 4.78 is 7.79. The van der Waals surface area contributed by atoms with Crippen LogP contribution < -0.4 is 4.74 Å². The second kappa shape index (κ2) is 6.42. The Balaban J connectivity index is 1.73. The Labute approximate surface area is 118 Å². The minimum absolute atomic E-state index is 0.694. The van der Waals surface area contributed by atoms with Crippen LogP contribution in [0.4, 0.5) is 0 Å². The SMILES string of the molecule is Cc1csc(SCCOc2cccc(Br)c2)n1. The monoisotopic (exact) mass is 329 g/mol. The van der Waals surface area contributed by atoms with Gasteiger partial charge in [0.1, 0.15) is 10.1 Å². The summed E-state index contributed by atoms with van der Waals surface area (Å²) in [6, 6.07) is 7.89. The largest absolute Gasteiger partial charge is 0.493 e. The highest BCUT2D eigenvalue weighted by Crippen LogP contribution is 2.23. The lowest BCUT2D eigenvalue weighted by Gasteiger charge is -2.05. The van der Waals surface area contributed by atoms with Gasteiger partial charge in [0.25, 0.3) is 0 Å². The molecule has 0 saturated heterocycles. The summed E-state index contributed by atoms with van der Waals surface area (Å²) in [5, 5.41) is 2.07. The van der Waals surface area contributed by atoms with Crippen LogP contribution >= 0.6 is 39.0 Å². The zero-order chi connectivity index (χ0) is 12.1. The van der Waals surface area contributed by atoms with Crippen molar-refractivity contribution in [3.05, 3.63) is 39.8 Å². The van der Waals surface area contributed by atoms with Crippen molar-refractivity contribution in [2.24, 2.45) is 0 Å². The van der Waals surface area contributed by atoms with E-state index in [1.165, 1.54) is 0 Å². The lowest BCUT2D eigenvalue weighted by atomic mass is 10.3. The van der Waals surface area contributed by atoms with Crippen molar-refractivity contribution >= 4 is 39.0 Å². The summed E-state index contributed by atoms with van der Waals surface area (Å²) in [6.07, 6.45) is 0. The Morgan fingerprint density at radius 2 is 2.35 bits per heavy atom. The van der Waals surface area contributed by atoms with Gasteiger partial charge in [-0.05, 0) is 25.1 Å². The van der Waals surface area contributed by atoms with Crippen LogP contribution in [0.5, 0.6) is 5.75 Å². The first-order valence-electron chi connectivity index (χ1n) is 5.17. The molecule has 1 aromatic carbocycles. The molecule has 90 valence electrons. The zero-order valence-corrected chi connectivity index (χ0v) is 12.6. The fourth-order valence-corrected chi connectivity index (χ4v) is 3.36. The average molecular weight is 330 g/mol. The van der Waals surface area contributed by atoms with Crippen LogP contribution in [-0.4, -0.2) is 17.3 Å². The molecule has 0 aliphatic rings. The van der Waals surface area contributed by atoms with E-state index in [4.69, 9.17) is 4.74 Å². The molecule has 2 nitrogen and oxygen atoms in total. The van der Waals surface area contributed by atoms with Crippen molar-refractivity contribution in [3.8, 4) is 5.75 Å². The molecule has 0 spiro atoms. The minimum atomic E-state index is 0.694. The highest BCUT2D eigenvalue weighted by molar-refractivity contribution is 9.10. The quantitative estimate of drug-likeness (QED) is 0.600. The number of halogens is 1. The summed E-state index contributed by atoms with van der Waals surface area (Å²) in [5.74, 6) is 1.81. The molecular weight excluding hydrogens is 318 g/mol. The van der Waals surface area contributed by atoms with Crippen molar-refractivity contribution in [2.75, 3.05) is 12.4 Å². The Hall–Kier alpha value is -0.520. The van der Waals surface area contributed by atoms with Gasteiger partial charge in [-0.2, -0.15) is 0 Å². The molecule has 0 amide bonds. The molecule has 0 saturated carbocycles. The number of nitrogens with zero attached hydrogens (tertiary/aromatic N) is 1. The molecule has 0 atom stereocenters. The van der Waals surface area contributed by atoms with Crippen molar-refractivity contribution in [3.63, 3.8) is 0 Å². The molecule has 0 N–H and O–H groups in total. The smallest absolute Gasteiger partial charge is 0.150 e. The number of thioether (sulfide) groups is 1. The van der Waals surface area contributed by atoms with Crippen LogP contribution in [0, 0.1) is 6.92 Å². The van der Waals surface area contributed by atoms with Crippen molar-refractivity contribution in [2.45, 2.75) is 11.3 Å². The van der Waals surface area contributed by atoms with E-state index in [0.29, 0.717) is 6.61 Å². The molecule has 5 heteroatoms. The third-order valence-corrected chi connectivity index (χ3v) is 4.57. The van der Waals surface area contributed by atoms with E-state index in [-0.39, 0.29) is 0 Å². The average Bonchev–Trinajstić information content (AvgIpc) is 2.71. The van der Waals surface area contributed by atoms with E-state index in [0.717, 1.165) is 26.0 Å². The molecule has 1 heterocycles. The number of hydrogen-bond acceptors (Lipinski definition) is 4. The van der Waals surface area contributed by atoms with Gasteiger partial charge in [0.05, 0.1) is 6.61 Å². The summed E-state index contributed by atoms with van der Waals surface area (Å²) in [5.41, 5.74) is 1.09. The van der Waals surface area contributed by atoms with E-state index in [9.17, 15) is 0 Å². The van der Waals surface area contributed by atoms with E-state index >= 15 is 0 Å². The van der Waals surface area contributed by atoms with E-state index in [1.54, 1.807) is 23.1 Å². The number of hydrogen-bond donors (Lipinski definition) is 0. The van der Waals surface area contributed by atoms with Gasteiger partial charge in [0.15, 0.2) is 0 Å². The maximum absolute atomic E-state index is 5.64. The minimum Gasteiger partial charge on any atom is -0.493 e. The normalized spacial score (nSPS) is 10.5. The number of benzene rings is 1. The van der Waals surface area contributed by atoms with Gasteiger partial charge >= 0.3 is 0 Å². The Morgan fingerprint density at radius 3 is 3.06 bits per heavy atom. The Morgan fingerprint density at radius 1 is 1.47 bits per heavy atom. The summed E-state index contributed by atoms with van der Waals surface area (Å²) >= 11 is 6.84. The summed E-state index contributed by atoms with van der Waals surface area (Å²) in [4.78, 5) is 4.39. The first kappa shape index (κ1) is 12.9. The summed E-state index contributed by atoms with van der Waals surface area (Å²) in [7, 11) is 0. The number of ether oxygens (including phenoxy) is 1. The fraction of sp³-hybridized carbons (Fsp3) is 0.250. The number of aromatic nitrogens is 1. The van der Waals surface area contributed by atoms with Crippen molar-refractivity contribution in [1.29, 1.82) is 0 Å². The van der Waals surface area contributed by atoms with Gasteiger partial charge in [0, 0.05) is 21.3 Å². The number of thiazole rings is 1. The maximum atomic E-state index is 5.64. The van der Waals surface area contributed by atoms with Gasteiger partial charge in [0.2, 0.25) is 0 Å². The van der Waals surface area contributed by atoms with E-state index < -0.39 is 0 Å². The molecule has 17 heavy (non-hydrogen) atoms. The first-order valence-corrected chi connectivity index (χ1v) is 7.83. The van der Waals surface area contributed by atoms with Crippen LogP contribution in [0.2, 0.25) is 0 Å². The molecule has 0 radical (unpaired) electrons. The third-order valence-electron chi connectivity index (χ3n) is 1.97. The molecule has 2 aromatic rings. The molecule has 0 fully saturated rings. The lowest BCUT2D eigenvalue weighted by Crippen LogP contribution is -1.99. The number of rotatable bonds is 5. The fourth-order valence-electron chi connectivity index (χ4n) is 1.24. The topological polar surface area (TPSA) is 22.1 Å². The summed E-state index contributed by atoms with van der Waals surface area (Å²) in [6.45, 7) is 2.71. The van der Waals surface area contributed by atoms with E-state index in [1.807, 2.05) is 31.2 Å². The van der Waals surface area contributed by atoms with Gasteiger partial charge in [-0.25, -0.2) is 4.98 Å². The highest BCUT2D eigenvalue weighted by Gasteiger charge is 2.00. The van der Waals surface area contributed by atoms with Gasteiger partial charge in [-0.15, -0.1) is 11.3 Å². The van der Waals surface area contributed by atoms with E-state index in [2.05, 4.69) is 26.3 Å². The number of aryl methyl sites for hydroxylation is 1. The third kappa shape index (κ3) is 4.33. The van der Waals surface area contributed by atoms with Crippen LogP contribution in [0.1, 0.15) is 5.69 Å². The van der Waals surface area contributed by atoms with Crippen molar-refractivity contribution < 1.29 is 4.74 Å². The van der Waals surface area contributed by atoms with Gasteiger partial charge in [-0.3, -0.25) is 0 Å². The Bertz CT molecular complexity index is 487. The predicted octanol–water partition coefficient (Wildman–Crippen LogP) is 4.39. The van der Waals surface area contributed by atoms with Crippen LogP contribution in [0.25, 0.3) is 0 Å². The van der Waals surface area contributed by atoms with Crippen LogP contribution in [0.15, 0.2) is 38.5 Å². The van der Waals surface area contributed by atoms with Crippen molar-refractivity contribution in [1.82, 2.24) is 4.98 Å². The molecule has 0 aliphatic carbocycles. The van der Waals surface area contributed by atoms with Gasteiger partial charge in [-0.1, -0.05) is 33.8 Å².